The second-order valence-corrected chi connectivity index (χ2v) is 4.46. The number of nitrogens with two attached hydrogens (primary N) is 1. The third-order valence-electron chi connectivity index (χ3n) is 3.26. The number of carbonyl (C=O) groups is 1. The van der Waals surface area contributed by atoms with Gasteiger partial charge < -0.3 is 16.3 Å². The molecule has 0 bridgehead atoms. The molecule has 1 aliphatic carbocycles. The van der Waals surface area contributed by atoms with Crippen LogP contribution < -0.4 is 11.1 Å². The van der Waals surface area contributed by atoms with Gasteiger partial charge >= 0.3 is 0 Å². The summed E-state index contributed by atoms with van der Waals surface area (Å²) in [5.41, 5.74) is 5.26. The number of rotatable bonds is 4. The first kappa shape index (κ1) is 12.8. The molecule has 0 unspecified atom stereocenters. The van der Waals surface area contributed by atoms with Crippen molar-refractivity contribution in [2.24, 2.45) is 16.8 Å². The molecule has 1 rings (SSSR count). The number of oxime groups is 1. The molecule has 4 N–H and O–H groups in total. The SMILES string of the molecule is CCC1CCC(NC(=O)C/C(N)=N/O)CC1. The van der Waals surface area contributed by atoms with Crippen molar-refractivity contribution in [3.63, 3.8) is 0 Å². The molecule has 1 fully saturated rings. The van der Waals surface area contributed by atoms with Crippen LogP contribution >= 0.6 is 0 Å². The molecule has 5 nitrogen and oxygen atoms in total. The Labute approximate surface area is 96.1 Å². The Bertz CT molecular complexity index is 258. The Morgan fingerprint density at radius 2 is 2.06 bits per heavy atom. The van der Waals surface area contributed by atoms with Crippen molar-refractivity contribution in [3.8, 4) is 0 Å². The van der Waals surface area contributed by atoms with Crippen molar-refractivity contribution in [2.45, 2.75) is 51.5 Å². The van der Waals surface area contributed by atoms with E-state index < -0.39 is 0 Å². The molecular formula is C11H21N3O2. The zero-order chi connectivity index (χ0) is 12.0. The molecular weight excluding hydrogens is 206 g/mol. The predicted octanol–water partition coefficient (Wildman–Crippen LogP) is 1.21. The molecule has 1 saturated carbocycles. The van der Waals surface area contributed by atoms with Gasteiger partial charge in [0.25, 0.3) is 0 Å². The van der Waals surface area contributed by atoms with Crippen LogP contribution in [0.3, 0.4) is 0 Å². The lowest BCUT2D eigenvalue weighted by Gasteiger charge is -2.28. The molecule has 0 aromatic heterocycles. The number of nitrogens with zero attached hydrogens (tertiary/aromatic N) is 1. The number of hydrogen-bond acceptors (Lipinski definition) is 3. The molecule has 5 heteroatoms. The standard InChI is InChI=1S/C11H21N3O2/c1-2-8-3-5-9(6-4-8)13-11(15)7-10(12)14-16/h8-9,16H,2-7H2,1H3,(H2,12,14)(H,13,15). The molecule has 1 amide bonds. The van der Waals surface area contributed by atoms with Crippen molar-refractivity contribution in [1.82, 2.24) is 5.32 Å². The van der Waals surface area contributed by atoms with E-state index in [2.05, 4.69) is 17.4 Å². The van der Waals surface area contributed by atoms with Gasteiger partial charge in [-0.2, -0.15) is 0 Å². The zero-order valence-corrected chi connectivity index (χ0v) is 9.78. The minimum atomic E-state index is -0.157. The highest BCUT2D eigenvalue weighted by Gasteiger charge is 2.21. The third kappa shape index (κ3) is 4.08. The van der Waals surface area contributed by atoms with E-state index in [4.69, 9.17) is 10.9 Å². The van der Waals surface area contributed by atoms with E-state index in [1.165, 1.54) is 19.3 Å². The van der Waals surface area contributed by atoms with Gasteiger partial charge in [-0.15, -0.1) is 0 Å². The average molecular weight is 227 g/mol. The summed E-state index contributed by atoms with van der Waals surface area (Å²) in [5, 5.41) is 14.0. The summed E-state index contributed by atoms with van der Waals surface area (Å²) in [4.78, 5) is 11.4. The van der Waals surface area contributed by atoms with E-state index in [9.17, 15) is 4.79 Å². The van der Waals surface area contributed by atoms with Gasteiger partial charge in [-0.05, 0) is 31.6 Å². The van der Waals surface area contributed by atoms with Gasteiger partial charge in [0.15, 0.2) is 0 Å². The van der Waals surface area contributed by atoms with Crippen molar-refractivity contribution in [1.29, 1.82) is 0 Å². The Morgan fingerprint density at radius 1 is 1.44 bits per heavy atom. The number of amides is 1. The van der Waals surface area contributed by atoms with Gasteiger partial charge in [0.05, 0.1) is 6.42 Å². The Kier molecular flexibility index (Phi) is 5.08. The monoisotopic (exact) mass is 227 g/mol. The van der Waals surface area contributed by atoms with Crippen molar-refractivity contribution in [3.05, 3.63) is 0 Å². The van der Waals surface area contributed by atoms with Gasteiger partial charge in [-0.25, -0.2) is 0 Å². The topological polar surface area (TPSA) is 87.7 Å². The van der Waals surface area contributed by atoms with Crippen LogP contribution in [0.25, 0.3) is 0 Å². The van der Waals surface area contributed by atoms with Crippen molar-refractivity contribution >= 4 is 11.7 Å². The second-order valence-electron chi connectivity index (χ2n) is 4.46. The summed E-state index contributed by atoms with van der Waals surface area (Å²) < 4.78 is 0. The van der Waals surface area contributed by atoms with E-state index in [-0.39, 0.29) is 24.2 Å². The fourth-order valence-corrected chi connectivity index (χ4v) is 2.19. The highest BCUT2D eigenvalue weighted by atomic mass is 16.4. The van der Waals surface area contributed by atoms with E-state index in [1.807, 2.05) is 0 Å². The van der Waals surface area contributed by atoms with E-state index in [0.29, 0.717) is 0 Å². The van der Waals surface area contributed by atoms with Crippen LogP contribution in [-0.4, -0.2) is 23.0 Å². The molecule has 0 aliphatic heterocycles. The maximum absolute atomic E-state index is 11.4. The fraction of sp³-hybridized carbons (Fsp3) is 0.818. The smallest absolute Gasteiger partial charge is 0.227 e. The normalized spacial score (nSPS) is 26.4. The van der Waals surface area contributed by atoms with E-state index in [0.717, 1.165) is 18.8 Å². The van der Waals surface area contributed by atoms with Gasteiger partial charge in [-0.3, -0.25) is 4.79 Å². The number of nitrogens with one attached hydrogen (secondary N) is 1. The third-order valence-corrected chi connectivity index (χ3v) is 3.26. The van der Waals surface area contributed by atoms with Crippen LogP contribution in [0.5, 0.6) is 0 Å². The number of carbonyl (C=O) groups excluding carboxylic acids is 1. The Hall–Kier alpha value is -1.26. The largest absolute Gasteiger partial charge is 0.409 e. The van der Waals surface area contributed by atoms with Crippen LogP contribution in [0, 0.1) is 5.92 Å². The van der Waals surface area contributed by atoms with Gasteiger partial charge in [0.1, 0.15) is 5.84 Å². The van der Waals surface area contributed by atoms with Crippen LogP contribution in [0.2, 0.25) is 0 Å². The molecule has 0 saturated heterocycles. The molecule has 16 heavy (non-hydrogen) atoms. The van der Waals surface area contributed by atoms with Crippen LogP contribution in [0.1, 0.15) is 45.4 Å². The summed E-state index contributed by atoms with van der Waals surface area (Å²) in [7, 11) is 0. The van der Waals surface area contributed by atoms with Gasteiger partial charge in [-0.1, -0.05) is 18.5 Å². The lowest BCUT2D eigenvalue weighted by atomic mass is 9.84. The number of amidine groups is 1. The molecule has 0 aromatic rings. The minimum Gasteiger partial charge on any atom is -0.409 e. The fourth-order valence-electron chi connectivity index (χ4n) is 2.19. The summed E-state index contributed by atoms with van der Waals surface area (Å²) in [6.45, 7) is 2.21. The second kappa shape index (κ2) is 6.35. The first-order chi connectivity index (χ1) is 7.65. The summed E-state index contributed by atoms with van der Waals surface area (Å²) >= 11 is 0. The summed E-state index contributed by atoms with van der Waals surface area (Å²) in [6, 6.07) is 0.266. The molecule has 0 heterocycles. The zero-order valence-electron chi connectivity index (χ0n) is 9.78. The molecule has 0 atom stereocenters. The molecule has 1 aliphatic rings. The van der Waals surface area contributed by atoms with Crippen LogP contribution in [0.15, 0.2) is 5.16 Å². The van der Waals surface area contributed by atoms with E-state index >= 15 is 0 Å². The van der Waals surface area contributed by atoms with Crippen molar-refractivity contribution < 1.29 is 10.0 Å². The molecule has 0 radical (unpaired) electrons. The van der Waals surface area contributed by atoms with Gasteiger partial charge in [0.2, 0.25) is 5.91 Å². The number of hydrogen-bond donors (Lipinski definition) is 3. The molecule has 0 aromatic carbocycles. The summed E-state index contributed by atoms with van der Waals surface area (Å²) in [5.74, 6) is 0.618. The van der Waals surface area contributed by atoms with Crippen molar-refractivity contribution in [2.75, 3.05) is 0 Å². The average Bonchev–Trinajstić information content (AvgIpc) is 2.29. The lowest BCUT2D eigenvalue weighted by Crippen LogP contribution is -2.39. The quantitative estimate of drug-likeness (QED) is 0.292. The highest BCUT2D eigenvalue weighted by molar-refractivity contribution is 5.98. The predicted molar refractivity (Wildman–Crippen MR) is 62.2 cm³/mol. The molecule has 0 spiro atoms. The first-order valence-corrected chi connectivity index (χ1v) is 5.91. The molecule has 92 valence electrons. The maximum Gasteiger partial charge on any atom is 0.227 e. The Balaban J connectivity index is 2.25. The minimum absolute atomic E-state index is 0.0236. The first-order valence-electron chi connectivity index (χ1n) is 5.91. The van der Waals surface area contributed by atoms with Crippen LogP contribution in [0.4, 0.5) is 0 Å². The summed E-state index contributed by atoms with van der Waals surface area (Å²) in [6.07, 6.45) is 5.66. The van der Waals surface area contributed by atoms with Gasteiger partial charge in [0, 0.05) is 6.04 Å². The maximum atomic E-state index is 11.4. The lowest BCUT2D eigenvalue weighted by molar-refractivity contribution is -0.120. The van der Waals surface area contributed by atoms with Crippen LogP contribution in [-0.2, 0) is 4.79 Å². The van der Waals surface area contributed by atoms with E-state index in [1.54, 1.807) is 0 Å². The highest BCUT2D eigenvalue weighted by Crippen LogP contribution is 2.26. The Morgan fingerprint density at radius 3 is 2.56 bits per heavy atom.